The van der Waals surface area contributed by atoms with Crippen LogP contribution in [0.15, 0.2) is 48.5 Å². The largest absolute Gasteiger partial charge is 0.497 e. The number of benzene rings is 2. The van der Waals surface area contributed by atoms with Crippen LogP contribution in [-0.2, 0) is 16.1 Å². The number of amides is 2. The van der Waals surface area contributed by atoms with Crippen LogP contribution in [0.2, 0.25) is 0 Å². The summed E-state index contributed by atoms with van der Waals surface area (Å²) in [4.78, 5) is 27.9. The molecule has 0 heterocycles. The summed E-state index contributed by atoms with van der Waals surface area (Å²) in [6.45, 7) is 2.96. The lowest BCUT2D eigenvalue weighted by atomic mass is 10.1. The Kier molecular flexibility index (Phi) is 7.37. The number of aryl methyl sites for hydroxylation is 1. The molecule has 6 heteroatoms. The van der Waals surface area contributed by atoms with Crippen LogP contribution in [-0.4, -0.2) is 55.9 Å². The molecule has 144 valence electrons. The second-order valence-corrected chi connectivity index (χ2v) is 6.69. The highest BCUT2D eigenvalue weighted by molar-refractivity contribution is 5.94. The van der Waals surface area contributed by atoms with Crippen LogP contribution in [0.4, 0.5) is 5.69 Å². The number of anilines is 1. The Hall–Kier alpha value is -2.86. The zero-order valence-electron chi connectivity index (χ0n) is 16.4. The van der Waals surface area contributed by atoms with Crippen LogP contribution in [0.25, 0.3) is 0 Å². The van der Waals surface area contributed by atoms with Crippen LogP contribution in [0, 0.1) is 6.92 Å². The molecular formula is C21H27N3O3. The van der Waals surface area contributed by atoms with Gasteiger partial charge in [-0.25, -0.2) is 0 Å². The van der Waals surface area contributed by atoms with Gasteiger partial charge < -0.3 is 15.0 Å². The predicted octanol–water partition coefficient (Wildman–Crippen LogP) is 2.53. The molecule has 0 unspecified atom stereocenters. The van der Waals surface area contributed by atoms with Crippen molar-refractivity contribution >= 4 is 17.5 Å². The van der Waals surface area contributed by atoms with E-state index in [0.717, 1.165) is 5.56 Å². The van der Waals surface area contributed by atoms with E-state index in [2.05, 4.69) is 29.6 Å². The van der Waals surface area contributed by atoms with Gasteiger partial charge in [-0.1, -0.05) is 35.9 Å². The lowest BCUT2D eigenvalue weighted by Crippen LogP contribution is -2.40. The fourth-order valence-electron chi connectivity index (χ4n) is 2.62. The van der Waals surface area contributed by atoms with Crippen molar-refractivity contribution in [2.45, 2.75) is 13.5 Å². The number of nitrogens with zero attached hydrogens (tertiary/aromatic N) is 2. The third kappa shape index (κ3) is 6.75. The molecule has 2 aromatic carbocycles. The second kappa shape index (κ2) is 9.73. The molecule has 2 rings (SSSR count). The molecule has 0 aliphatic carbocycles. The topological polar surface area (TPSA) is 61.9 Å². The number of nitrogens with one attached hydrogen (secondary N) is 1. The molecule has 0 fully saturated rings. The lowest BCUT2D eigenvalue weighted by molar-refractivity contribution is -0.134. The highest BCUT2D eigenvalue weighted by Gasteiger charge is 2.15. The van der Waals surface area contributed by atoms with Gasteiger partial charge in [0.25, 0.3) is 0 Å². The van der Waals surface area contributed by atoms with Gasteiger partial charge in [0.2, 0.25) is 11.8 Å². The first kappa shape index (κ1) is 20.5. The zero-order valence-corrected chi connectivity index (χ0v) is 16.4. The van der Waals surface area contributed by atoms with E-state index in [0.29, 0.717) is 18.0 Å². The van der Waals surface area contributed by atoms with Gasteiger partial charge in [-0.05, 0) is 31.7 Å². The monoisotopic (exact) mass is 369 g/mol. The standard InChI is InChI=1S/C21H27N3O3/c1-16-8-10-17(11-9-16)13-23(2)15-21(26)24(3)14-20(25)22-18-6-5-7-19(12-18)27-4/h5-12H,13-15H2,1-4H3,(H,22,25). The fourth-order valence-corrected chi connectivity index (χ4v) is 2.62. The molecule has 0 radical (unpaired) electrons. The average molecular weight is 369 g/mol. The number of carbonyl (C=O) groups excluding carboxylic acids is 2. The van der Waals surface area contributed by atoms with Gasteiger partial charge in [-0.3, -0.25) is 14.5 Å². The molecule has 2 aromatic rings. The Balaban J connectivity index is 1.81. The van der Waals surface area contributed by atoms with E-state index in [4.69, 9.17) is 4.74 Å². The summed E-state index contributed by atoms with van der Waals surface area (Å²) >= 11 is 0. The van der Waals surface area contributed by atoms with Crippen LogP contribution >= 0.6 is 0 Å². The minimum Gasteiger partial charge on any atom is -0.497 e. The van der Waals surface area contributed by atoms with Crippen molar-refractivity contribution < 1.29 is 14.3 Å². The molecule has 0 aromatic heterocycles. The van der Waals surface area contributed by atoms with Crippen molar-refractivity contribution in [1.29, 1.82) is 0 Å². The Labute approximate surface area is 160 Å². The quantitative estimate of drug-likeness (QED) is 0.777. The lowest BCUT2D eigenvalue weighted by Gasteiger charge is -2.21. The summed E-state index contributed by atoms with van der Waals surface area (Å²) in [5, 5.41) is 2.77. The minimum absolute atomic E-state index is 0.00554. The first-order valence-corrected chi connectivity index (χ1v) is 8.79. The first-order chi connectivity index (χ1) is 12.9. The number of hydrogen-bond acceptors (Lipinski definition) is 4. The molecule has 0 atom stereocenters. The van der Waals surface area contributed by atoms with E-state index >= 15 is 0 Å². The van der Waals surface area contributed by atoms with Gasteiger partial charge in [-0.2, -0.15) is 0 Å². The van der Waals surface area contributed by atoms with Gasteiger partial charge in [-0.15, -0.1) is 0 Å². The van der Waals surface area contributed by atoms with Crippen molar-refractivity contribution in [2.24, 2.45) is 0 Å². The Morgan fingerprint density at radius 2 is 1.74 bits per heavy atom. The minimum atomic E-state index is -0.250. The maximum atomic E-state index is 12.4. The predicted molar refractivity (Wildman–Crippen MR) is 107 cm³/mol. The Bertz CT molecular complexity index is 774. The highest BCUT2D eigenvalue weighted by Crippen LogP contribution is 2.16. The van der Waals surface area contributed by atoms with E-state index in [1.807, 2.05) is 18.9 Å². The molecule has 27 heavy (non-hydrogen) atoms. The van der Waals surface area contributed by atoms with Crippen molar-refractivity contribution in [3.05, 3.63) is 59.7 Å². The Morgan fingerprint density at radius 1 is 1.04 bits per heavy atom. The summed E-state index contributed by atoms with van der Waals surface area (Å²) in [5.41, 5.74) is 2.99. The van der Waals surface area contributed by atoms with Crippen molar-refractivity contribution in [3.63, 3.8) is 0 Å². The SMILES string of the molecule is COc1cccc(NC(=O)CN(C)C(=O)CN(C)Cc2ccc(C)cc2)c1. The summed E-state index contributed by atoms with van der Waals surface area (Å²) in [6.07, 6.45) is 0. The van der Waals surface area contributed by atoms with Gasteiger partial charge in [0.05, 0.1) is 20.2 Å². The number of hydrogen-bond donors (Lipinski definition) is 1. The smallest absolute Gasteiger partial charge is 0.243 e. The van der Waals surface area contributed by atoms with E-state index in [1.54, 1.807) is 38.4 Å². The van der Waals surface area contributed by atoms with Gasteiger partial charge in [0.1, 0.15) is 5.75 Å². The Morgan fingerprint density at radius 3 is 2.41 bits per heavy atom. The van der Waals surface area contributed by atoms with Crippen LogP contribution in [0.3, 0.4) is 0 Å². The maximum Gasteiger partial charge on any atom is 0.243 e. The number of methoxy groups -OCH3 is 1. The fraction of sp³-hybridized carbons (Fsp3) is 0.333. The molecule has 0 aliphatic heterocycles. The third-order valence-corrected chi connectivity index (χ3v) is 4.14. The molecular weight excluding hydrogens is 342 g/mol. The second-order valence-electron chi connectivity index (χ2n) is 6.69. The number of ether oxygens (including phenoxy) is 1. The molecule has 1 N–H and O–H groups in total. The van der Waals surface area contributed by atoms with Gasteiger partial charge >= 0.3 is 0 Å². The molecule has 0 spiro atoms. The van der Waals surface area contributed by atoms with Crippen molar-refractivity contribution in [1.82, 2.24) is 9.80 Å². The molecule has 0 saturated heterocycles. The van der Waals surface area contributed by atoms with Crippen molar-refractivity contribution in [2.75, 3.05) is 39.6 Å². The maximum absolute atomic E-state index is 12.4. The normalized spacial score (nSPS) is 10.6. The van der Waals surface area contributed by atoms with E-state index < -0.39 is 0 Å². The average Bonchev–Trinajstić information content (AvgIpc) is 2.63. The van der Waals surface area contributed by atoms with Crippen LogP contribution < -0.4 is 10.1 Å². The third-order valence-electron chi connectivity index (χ3n) is 4.14. The molecule has 0 aliphatic rings. The van der Waals surface area contributed by atoms with E-state index in [-0.39, 0.29) is 24.9 Å². The van der Waals surface area contributed by atoms with E-state index in [1.165, 1.54) is 10.5 Å². The number of likely N-dealkylation sites (N-methyl/N-ethyl adjacent to an activating group) is 2. The molecule has 6 nitrogen and oxygen atoms in total. The molecule has 0 bridgehead atoms. The van der Waals surface area contributed by atoms with Gasteiger partial charge in [0.15, 0.2) is 0 Å². The first-order valence-electron chi connectivity index (χ1n) is 8.79. The summed E-state index contributed by atoms with van der Waals surface area (Å²) in [7, 11) is 5.09. The summed E-state index contributed by atoms with van der Waals surface area (Å²) < 4.78 is 5.13. The molecule has 2 amide bonds. The van der Waals surface area contributed by atoms with Crippen LogP contribution in [0.5, 0.6) is 5.75 Å². The van der Waals surface area contributed by atoms with Gasteiger partial charge in [0, 0.05) is 25.3 Å². The van der Waals surface area contributed by atoms with Crippen LogP contribution in [0.1, 0.15) is 11.1 Å². The summed E-state index contributed by atoms with van der Waals surface area (Å²) in [6, 6.07) is 15.3. The van der Waals surface area contributed by atoms with Crippen molar-refractivity contribution in [3.8, 4) is 5.75 Å². The zero-order chi connectivity index (χ0) is 19.8. The molecule has 0 saturated carbocycles. The highest BCUT2D eigenvalue weighted by atomic mass is 16.5. The summed E-state index contributed by atoms with van der Waals surface area (Å²) in [5.74, 6) is 0.306. The number of rotatable bonds is 8. The van der Waals surface area contributed by atoms with E-state index in [9.17, 15) is 9.59 Å². The number of carbonyl (C=O) groups is 2.